The van der Waals surface area contributed by atoms with Gasteiger partial charge in [0, 0.05) is 32.1 Å². The third-order valence-corrected chi connectivity index (χ3v) is 15.1. The van der Waals surface area contributed by atoms with Gasteiger partial charge >= 0.3 is 0 Å². The van der Waals surface area contributed by atoms with Crippen molar-refractivity contribution in [2.24, 2.45) is 0 Å². The molecule has 0 atom stereocenters. The Morgan fingerprint density at radius 1 is 0.367 bits per heavy atom. The molecule has 0 unspecified atom stereocenters. The first-order chi connectivity index (χ1) is 29.5. The Morgan fingerprint density at radius 3 is 1.58 bits per heavy atom. The number of nitrogens with zero attached hydrogens (tertiary/aromatic N) is 1. The molecule has 0 radical (unpaired) electrons. The van der Waals surface area contributed by atoms with E-state index in [0.717, 1.165) is 11.4 Å². The zero-order chi connectivity index (χ0) is 39.7. The highest BCUT2D eigenvalue weighted by Crippen LogP contribution is 2.64. The lowest BCUT2D eigenvalue weighted by Gasteiger charge is -2.33. The molecule has 0 N–H and O–H groups in total. The van der Waals surface area contributed by atoms with Gasteiger partial charge in [-0.3, -0.25) is 0 Å². The summed E-state index contributed by atoms with van der Waals surface area (Å²) < 4.78 is 2.59. The van der Waals surface area contributed by atoms with E-state index in [4.69, 9.17) is 0 Å². The van der Waals surface area contributed by atoms with Crippen LogP contribution in [0.15, 0.2) is 200 Å². The van der Waals surface area contributed by atoms with Gasteiger partial charge in [-0.25, -0.2) is 0 Å². The van der Waals surface area contributed by atoms with Crippen molar-refractivity contribution in [1.29, 1.82) is 0 Å². The number of benzene rings is 9. The van der Waals surface area contributed by atoms with Gasteiger partial charge in [0.1, 0.15) is 0 Å². The van der Waals surface area contributed by atoms with Gasteiger partial charge in [0.15, 0.2) is 0 Å². The first-order valence-electron chi connectivity index (χ1n) is 21.0. The summed E-state index contributed by atoms with van der Waals surface area (Å²) in [7, 11) is 0. The number of hydrogen-bond acceptors (Lipinski definition) is 2. The van der Waals surface area contributed by atoms with E-state index in [0.29, 0.717) is 0 Å². The minimum absolute atomic E-state index is 0.101. The summed E-state index contributed by atoms with van der Waals surface area (Å²) in [6.45, 7) is 4.75. The summed E-state index contributed by atoms with van der Waals surface area (Å²) >= 11 is 1.89. The Labute approximate surface area is 354 Å². The molecule has 1 nitrogen and oxygen atoms in total. The van der Waals surface area contributed by atoms with E-state index in [-0.39, 0.29) is 5.41 Å². The lowest BCUT2D eigenvalue weighted by atomic mass is 9.70. The molecule has 1 aromatic heterocycles. The first-order valence-corrected chi connectivity index (χ1v) is 21.8. The Bertz CT molecular complexity index is 3370. The third-order valence-electron chi connectivity index (χ3n) is 13.9. The molecule has 10 aromatic rings. The Kier molecular flexibility index (Phi) is 6.94. The smallest absolute Gasteiger partial charge is 0.0726 e. The summed E-state index contributed by atoms with van der Waals surface area (Å²) in [6.07, 6.45) is 0. The van der Waals surface area contributed by atoms with Crippen molar-refractivity contribution < 1.29 is 0 Å². The summed E-state index contributed by atoms with van der Waals surface area (Å²) in [5, 5.41) is 2.59. The van der Waals surface area contributed by atoms with Crippen molar-refractivity contribution in [3.05, 3.63) is 234 Å². The van der Waals surface area contributed by atoms with Gasteiger partial charge in [0.2, 0.25) is 0 Å². The molecule has 1 heterocycles. The van der Waals surface area contributed by atoms with Gasteiger partial charge in [0.25, 0.3) is 0 Å². The monoisotopic (exact) mass is 781 g/mol. The predicted octanol–water partition coefficient (Wildman–Crippen LogP) is 15.8. The SMILES string of the molecule is CC1(C)c2ccccc2-c2c(-c3ccccc3N(c3ccc4c(c3)C3(c5ccccc5-c5ccccc53)c3ccccc3-4)c3cccc4c3sc3ccccc34)cccc21. The van der Waals surface area contributed by atoms with Crippen LogP contribution in [0.1, 0.15) is 47.2 Å². The van der Waals surface area contributed by atoms with E-state index >= 15 is 0 Å². The summed E-state index contributed by atoms with van der Waals surface area (Å²) in [6, 6.07) is 75.4. The third kappa shape index (κ3) is 4.31. The van der Waals surface area contributed by atoms with Crippen LogP contribution in [-0.2, 0) is 10.8 Å². The van der Waals surface area contributed by atoms with Crippen LogP contribution in [0.25, 0.3) is 64.7 Å². The molecule has 9 aromatic carbocycles. The standard InChI is InChI=1S/C58H39NS/c1-57(2)46-25-9-6-22-45(46)55-43(23-15-29-50(55)57)41-20-7-13-30-52(41)59(53-31-16-24-44-42-21-8-14-32-54(42)60-56(44)53)36-33-34-40-39-19-5-12-28-49(39)58(51(40)35-36)47-26-10-3-17-37(47)38-18-4-11-27-48(38)58/h3-35H,1-2H3. The number of hydrogen-bond donors (Lipinski definition) is 0. The zero-order valence-electron chi connectivity index (χ0n) is 33.4. The van der Waals surface area contributed by atoms with Crippen LogP contribution in [0.2, 0.25) is 0 Å². The Hall–Kier alpha value is -7.00. The van der Waals surface area contributed by atoms with Crippen molar-refractivity contribution in [3.63, 3.8) is 0 Å². The molecule has 3 aliphatic rings. The van der Waals surface area contributed by atoms with E-state index in [9.17, 15) is 0 Å². The average molecular weight is 782 g/mol. The molecular weight excluding hydrogens is 743 g/mol. The Balaban J connectivity index is 1.12. The van der Waals surface area contributed by atoms with Crippen LogP contribution in [0, 0.1) is 0 Å². The van der Waals surface area contributed by atoms with Gasteiger partial charge in [-0.05, 0) is 103 Å². The van der Waals surface area contributed by atoms with Crippen LogP contribution < -0.4 is 4.90 Å². The van der Waals surface area contributed by atoms with E-state index < -0.39 is 5.41 Å². The first kappa shape index (κ1) is 33.9. The minimum atomic E-state index is -0.445. The molecule has 13 rings (SSSR count). The molecule has 60 heavy (non-hydrogen) atoms. The van der Waals surface area contributed by atoms with Gasteiger partial charge in [-0.2, -0.15) is 0 Å². The van der Waals surface area contributed by atoms with Crippen LogP contribution in [0.5, 0.6) is 0 Å². The van der Waals surface area contributed by atoms with Crippen LogP contribution >= 0.6 is 11.3 Å². The number of fused-ring (bicyclic) bond motifs is 16. The molecule has 2 heteroatoms. The fourth-order valence-electron chi connectivity index (χ4n) is 11.4. The largest absolute Gasteiger partial charge is 0.308 e. The molecule has 0 aliphatic heterocycles. The summed E-state index contributed by atoms with van der Waals surface area (Å²) in [5.74, 6) is 0. The molecule has 0 saturated heterocycles. The zero-order valence-corrected chi connectivity index (χ0v) is 34.2. The molecule has 1 spiro atoms. The summed E-state index contributed by atoms with van der Waals surface area (Å²) in [4.78, 5) is 2.57. The summed E-state index contributed by atoms with van der Waals surface area (Å²) in [5.41, 5.74) is 21.5. The second-order valence-corrected chi connectivity index (χ2v) is 18.2. The lowest BCUT2D eigenvalue weighted by molar-refractivity contribution is 0.660. The van der Waals surface area contributed by atoms with E-state index in [2.05, 4.69) is 219 Å². The molecule has 0 bridgehead atoms. The topological polar surface area (TPSA) is 3.24 Å². The number of para-hydroxylation sites is 1. The highest BCUT2D eigenvalue weighted by atomic mass is 32.1. The molecule has 3 aliphatic carbocycles. The van der Waals surface area contributed by atoms with Crippen molar-refractivity contribution in [3.8, 4) is 44.5 Å². The van der Waals surface area contributed by atoms with Crippen LogP contribution in [0.3, 0.4) is 0 Å². The van der Waals surface area contributed by atoms with E-state index in [1.54, 1.807) is 0 Å². The maximum Gasteiger partial charge on any atom is 0.0726 e. The van der Waals surface area contributed by atoms with Gasteiger partial charge in [0.05, 0.1) is 21.5 Å². The normalized spacial score (nSPS) is 14.4. The Morgan fingerprint density at radius 2 is 0.867 bits per heavy atom. The molecule has 282 valence electrons. The quantitative estimate of drug-likeness (QED) is 0.172. The van der Waals surface area contributed by atoms with Crippen LogP contribution in [-0.4, -0.2) is 0 Å². The van der Waals surface area contributed by atoms with Crippen molar-refractivity contribution in [1.82, 2.24) is 0 Å². The lowest BCUT2D eigenvalue weighted by Crippen LogP contribution is -2.26. The predicted molar refractivity (Wildman–Crippen MR) is 253 cm³/mol. The average Bonchev–Trinajstić information content (AvgIpc) is 3.99. The molecule has 0 amide bonds. The van der Waals surface area contributed by atoms with Crippen molar-refractivity contribution >= 4 is 48.6 Å². The van der Waals surface area contributed by atoms with Crippen molar-refractivity contribution in [2.45, 2.75) is 24.7 Å². The maximum absolute atomic E-state index is 2.57. The number of anilines is 3. The fourth-order valence-corrected chi connectivity index (χ4v) is 12.6. The second kappa shape index (κ2) is 12.3. The van der Waals surface area contributed by atoms with E-state index in [1.165, 1.54) is 104 Å². The molecular formula is C58H39NS. The van der Waals surface area contributed by atoms with Crippen molar-refractivity contribution in [2.75, 3.05) is 4.90 Å². The van der Waals surface area contributed by atoms with Gasteiger partial charge < -0.3 is 4.90 Å². The highest BCUT2D eigenvalue weighted by Gasteiger charge is 2.51. The molecule has 0 saturated carbocycles. The van der Waals surface area contributed by atoms with Crippen LogP contribution in [0.4, 0.5) is 17.1 Å². The maximum atomic E-state index is 2.57. The highest BCUT2D eigenvalue weighted by molar-refractivity contribution is 7.26. The van der Waals surface area contributed by atoms with Gasteiger partial charge in [-0.15, -0.1) is 11.3 Å². The molecule has 0 fully saturated rings. The van der Waals surface area contributed by atoms with E-state index in [1.807, 2.05) is 11.3 Å². The fraction of sp³-hybridized carbons (Fsp3) is 0.0690. The second-order valence-electron chi connectivity index (χ2n) is 17.1. The number of rotatable bonds is 4. The minimum Gasteiger partial charge on any atom is -0.308 e. The van der Waals surface area contributed by atoms with Gasteiger partial charge in [-0.1, -0.05) is 184 Å². The number of thiophene rings is 1.